The molecule has 2 heterocycles. The highest BCUT2D eigenvalue weighted by Crippen LogP contribution is 2.33. The van der Waals surface area contributed by atoms with E-state index in [0.717, 1.165) is 17.2 Å². The molecule has 0 spiro atoms. The van der Waals surface area contributed by atoms with Crippen LogP contribution in [0.1, 0.15) is 44.0 Å². The van der Waals surface area contributed by atoms with Gasteiger partial charge in [-0.25, -0.2) is 4.68 Å². The molecular formula is C25H23F3N4O2. The Bertz CT molecular complexity index is 1250. The number of halogens is 3. The molecule has 0 saturated carbocycles. The lowest BCUT2D eigenvalue weighted by Gasteiger charge is -2.26. The van der Waals surface area contributed by atoms with Crippen molar-refractivity contribution >= 4 is 5.91 Å². The predicted molar refractivity (Wildman–Crippen MR) is 119 cm³/mol. The van der Waals surface area contributed by atoms with Crippen molar-refractivity contribution in [1.29, 1.82) is 5.26 Å². The second-order valence-corrected chi connectivity index (χ2v) is 8.18. The number of hydrogen-bond donors (Lipinski definition) is 0. The molecule has 0 unspecified atom stereocenters. The third-order valence-corrected chi connectivity index (χ3v) is 5.99. The van der Waals surface area contributed by atoms with Crippen molar-refractivity contribution in [3.8, 4) is 11.8 Å². The van der Waals surface area contributed by atoms with Crippen molar-refractivity contribution in [1.82, 2.24) is 14.7 Å². The Kier molecular flexibility index (Phi) is 6.44. The van der Waals surface area contributed by atoms with Crippen LogP contribution < -0.4 is 0 Å². The van der Waals surface area contributed by atoms with Gasteiger partial charge in [0, 0.05) is 36.3 Å². The van der Waals surface area contributed by atoms with Gasteiger partial charge in [0.15, 0.2) is 0 Å². The number of amides is 1. The van der Waals surface area contributed by atoms with Crippen LogP contribution in [0.25, 0.3) is 5.69 Å². The van der Waals surface area contributed by atoms with Crippen LogP contribution in [0.3, 0.4) is 0 Å². The predicted octanol–water partition coefficient (Wildman–Crippen LogP) is 4.44. The Morgan fingerprint density at radius 3 is 2.41 bits per heavy atom. The minimum atomic E-state index is -4.64. The molecule has 1 amide bonds. The molecule has 1 fully saturated rings. The summed E-state index contributed by atoms with van der Waals surface area (Å²) in [6.07, 6.45) is -4.12. The Hall–Kier alpha value is -3.64. The van der Waals surface area contributed by atoms with Gasteiger partial charge in [-0.3, -0.25) is 4.79 Å². The molecule has 0 N–H and O–H groups in total. The largest absolute Gasteiger partial charge is 0.417 e. The molecular weight excluding hydrogens is 445 g/mol. The van der Waals surface area contributed by atoms with Gasteiger partial charge in [0.1, 0.15) is 0 Å². The topological polar surface area (TPSA) is 71.2 Å². The standard InChI is InChI=1S/C25H23F3N4O2/c1-16-22(13-18-3-5-19(6-4-18)24(33)31-9-11-34-12-10-31)17(2)32(30-16)21-8-7-20(15-29)23(14-21)25(26,27)28/h3-8,14H,9-13H2,1-2H3. The van der Waals surface area contributed by atoms with E-state index in [1.807, 2.05) is 19.1 Å². The fraction of sp³-hybridized carbons (Fsp3) is 0.320. The van der Waals surface area contributed by atoms with E-state index in [1.54, 1.807) is 30.0 Å². The van der Waals surface area contributed by atoms with Gasteiger partial charge in [0.2, 0.25) is 0 Å². The summed E-state index contributed by atoms with van der Waals surface area (Å²) < 4.78 is 47.0. The smallest absolute Gasteiger partial charge is 0.378 e. The van der Waals surface area contributed by atoms with Gasteiger partial charge in [0.05, 0.1) is 41.8 Å². The highest BCUT2D eigenvalue weighted by molar-refractivity contribution is 5.94. The van der Waals surface area contributed by atoms with Crippen molar-refractivity contribution in [3.63, 3.8) is 0 Å². The monoisotopic (exact) mass is 468 g/mol. The summed E-state index contributed by atoms with van der Waals surface area (Å²) >= 11 is 0. The van der Waals surface area contributed by atoms with Crippen molar-refractivity contribution in [3.05, 3.63) is 81.7 Å². The summed E-state index contributed by atoms with van der Waals surface area (Å²) in [6.45, 7) is 5.83. The van der Waals surface area contributed by atoms with Crippen LogP contribution in [-0.2, 0) is 17.3 Å². The molecule has 1 aromatic heterocycles. The van der Waals surface area contributed by atoms with Crippen molar-refractivity contribution in [2.45, 2.75) is 26.4 Å². The van der Waals surface area contributed by atoms with Crippen LogP contribution in [0.2, 0.25) is 0 Å². The van der Waals surface area contributed by atoms with E-state index in [1.165, 1.54) is 16.8 Å². The van der Waals surface area contributed by atoms with E-state index in [9.17, 15) is 18.0 Å². The average Bonchev–Trinajstić information content (AvgIpc) is 3.12. The van der Waals surface area contributed by atoms with Crippen molar-refractivity contribution < 1.29 is 22.7 Å². The molecule has 0 bridgehead atoms. The number of rotatable bonds is 4. The van der Waals surface area contributed by atoms with Crippen LogP contribution >= 0.6 is 0 Å². The number of morpholine rings is 1. The quantitative estimate of drug-likeness (QED) is 0.568. The average molecular weight is 468 g/mol. The number of hydrogen-bond acceptors (Lipinski definition) is 4. The van der Waals surface area contributed by atoms with E-state index >= 15 is 0 Å². The van der Waals surface area contributed by atoms with E-state index in [2.05, 4.69) is 5.10 Å². The number of benzene rings is 2. The van der Waals surface area contributed by atoms with Gasteiger partial charge in [0.25, 0.3) is 5.91 Å². The molecule has 0 radical (unpaired) electrons. The fourth-order valence-electron chi connectivity index (χ4n) is 4.10. The number of carbonyl (C=O) groups excluding carboxylic acids is 1. The van der Waals surface area contributed by atoms with E-state index in [-0.39, 0.29) is 11.6 Å². The second-order valence-electron chi connectivity index (χ2n) is 8.18. The Morgan fingerprint density at radius 1 is 1.12 bits per heavy atom. The number of nitriles is 1. The highest BCUT2D eigenvalue weighted by Gasteiger charge is 2.34. The van der Waals surface area contributed by atoms with Crippen molar-refractivity contribution in [2.24, 2.45) is 0 Å². The number of aryl methyl sites for hydroxylation is 1. The van der Waals surface area contributed by atoms with Gasteiger partial charge in [-0.1, -0.05) is 12.1 Å². The van der Waals surface area contributed by atoms with Gasteiger partial charge in [-0.05, 0) is 49.7 Å². The minimum Gasteiger partial charge on any atom is -0.378 e. The SMILES string of the molecule is Cc1nn(-c2ccc(C#N)c(C(F)(F)F)c2)c(C)c1Cc1ccc(C(=O)N2CCOCC2)cc1. The molecule has 6 nitrogen and oxygen atoms in total. The lowest BCUT2D eigenvalue weighted by atomic mass is 10.0. The molecule has 2 aromatic carbocycles. The number of carbonyl (C=O) groups is 1. The highest BCUT2D eigenvalue weighted by atomic mass is 19.4. The maximum Gasteiger partial charge on any atom is 0.417 e. The third kappa shape index (κ3) is 4.68. The van der Waals surface area contributed by atoms with Gasteiger partial charge in [-0.2, -0.15) is 23.5 Å². The summed E-state index contributed by atoms with van der Waals surface area (Å²) in [6, 6.07) is 12.5. The Morgan fingerprint density at radius 2 is 1.79 bits per heavy atom. The zero-order valence-corrected chi connectivity index (χ0v) is 18.8. The van der Waals surface area contributed by atoms with E-state index < -0.39 is 17.3 Å². The van der Waals surface area contributed by atoms with Gasteiger partial charge in [-0.15, -0.1) is 0 Å². The first kappa shape index (κ1) is 23.5. The first-order valence-electron chi connectivity index (χ1n) is 10.8. The first-order chi connectivity index (χ1) is 16.2. The van der Waals surface area contributed by atoms with Crippen LogP contribution in [0.4, 0.5) is 13.2 Å². The lowest BCUT2D eigenvalue weighted by Crippen LogP contribution is -2.40. The summed E-state index contributed by atoms with van der Waals surface area (Å²) in [5.41, 5.74) is 2.70. The van der Waals surface area contributed by atoms with Gasteiger partial charge < -0.3 is 9.64 Å². The second kappa shape index (κ2) is 9.31. The maximum absolute atomic E-state index is 13.4. The zero-order chi connectivity index (χ0) is 24.5. The lowest BCUT2D eigenvalue weighted by molar-refractivity contribution is -0.137. The molecule has 176 valence electrons. The van der Waals surface area contributed by atoms with Gasteiger partial charge >= 0.3 is 6.18 Å². The van der Waals surface area contributed by atoms with E-state index in [0.29, 0.717) is 49.7 Å². The Balaban J connectivity index is 1.58. The molecule has 3 aromatic rings. The summed E-state index contributed by atoms with van der Waals surface area (Å²) in [4.78, 5) is 14.4. The number of alkyl halides is 3. The van der Waals surface area contributed by atoms with Crippen LogP contribution in [0.5, 0.6) is 0 Å². The summed E-state index contributed by atoms with van der Waals surface area (Å²) in [7, 11) is 0. The Labute approximate surface area is 195 Å². The fourth-order valence-corrected chi connectivity index (χ4v) is 4.10. The normalized spacial score (nSPS) is 14.2. The van der Waals surface area contributed by atoms with Crippen molar-refractivity contribution in [2.75, 3.05) is 26.3 Å². The third-order valence-electron chi connectivity index (χ3n) is 5.99. The molecule has 0 aliphatic carbocycles. The van der Waals surface area contributed by atoms with Crippen LogP contribution in [0.15, 0.2) is 42.5 Å². The first-order valence-corrected chi connectivity index (χ1v) is 10.8. The molecule has 1 aliphatic rings. The number of nitrogens with zero attached hydrogens (tertiary/aromatic N) is 4. The van der Waals surface area contributed by atoms with Crippen LogP contribution in [0, 0.1) is 25.2 Å². The van der Waals surface area contributed by atoms with E-state index in [4.69, 9.17) is 10.00 Å². The summed E-state index contributed by atoms with van der Waals surface area (Å²) in [5, 5.41) is 13.5. The molecule has 1 aliphatic heterocycles. The van der Waals surface area contributed by atoms with Crippen LogP contribution in [-0.4, -0.2) is 46.9 Å². The maximum atomic E-state index is 13.4. The number of ether oxygens (including phenoxy) is 1. The number of aromatic nitrogens is 2. The molecule has 34 heavy (non-hydrogen) atoms. The molecule has 9 heteroatoms. The minimum absolute atomic E-state index is 0.0312. The molecule has 1 saturated heterocycles. The zero-order valence-electron chi connectivity index (χ0n) is 18.8. The molecule has 0 atom stereocenters. The summed E-state index contributed by atoms with van der Waals surface area (Å²) in [5.74, 6) is -0.0312. The molecule has 4 rings (SSSR count).